The quantitative estimate of drug-likeness (QED) is 0.522. The third-order valence-electron chi connectivity index (χ3n) is 3.24. The Kier molecular flexibility index (Phi) is 4.75. The molecule has 6 nitrogen and oxygen atoms in total. The second-order valence-electron chi connectivity index (χ2n) is 4.99. The van der Waals surface area contributed by atoms with Crippen molar-refractivity contribution in [1.82, 2.24) is 19.8 Å². The van der Waals surface area contributed by atoms with Crippen LogP contribution in [0, 0.1) is 5.82 Å². The first-order valence-electron chi connectivity index (χ1n) is 7.40. The third-order valence-corrected chi connectivity index (χ3v) is 4.24. The summed E-state index contributed by atoms with van der Waals surface area (Å²) in [6.45, 7) is 3.86. The van der Waals surface area contributed by atoms with Gasteiger partial charge in [-0.1, -0.05) is 23.9 Å². The van der Waals surface area contributed by atoms with E-state index in [1.54, 1.807) is 38.1 Å². The van der Waals surface area contributed by atoms with Crippen LogP contribution in [0.5, 0.6) is 0 Å². The molecule has 2 heterocycles. The van der Waals surface area contributed by atoms with Gasteiger partial charge in [0.2, 0.25) is 0 Å². The topological polar surface area (TPSA) is 69.4 Å². The highest BCUT2D eigenvalue weighted by Crippen LogP contribution is 2.24. The van der Waals surface area contributed by atoms with Crippen molar-refractivity contribution in [2.24, 2.45) is 0 Å². The number of benzene rings is 1. The zero-order chi connectivity index (χ0) is 17.1. The standard InChI is InChI=1S/C16H15FN4O2S/c1-3-23-16(22)10(2)24-14-8-7-13-18-19-15(21(13)20-14)11-5-4-6-12(17)9-11/h4-10H,3H2,1-2H3. The lowest BCUT2D eigenvalue weighted by molar-refractivity contribution is -0.142. The monoisotopic (exact) mass is 346 g/mol. The SMILES string of the molecule is CCOC(=O)C(C)Sc1ccc2nnc(-c3cccc(F)c3)n2n1. The molecule has 1 aromatic carbocycles. The van der Waals surface area contributed by atoms with Crippen molar-refractivity contribution in [3.05, 3.63) is 42.2 Å². The first-order valence-corrected chi connectivity index (χ1v) is 8.28. The van der Waals surface area contributed by atoms with Crippen LogP contribution in [0.15, 0.2) is 41.4 Å². The van der Waals surface area contributed by atoms with Crippen LogP contribution in [0.25, 0.3) is 17.0 Å². The smallest absolute Gasteiger partial charge is 0.319 e. The number of thioether (sulfide) groups is 1. The lowest BCUT2D eigenvalue weighted by Gasteiger charge is -2.09. The van der Waals surface area contributed by atoms with E-state index in [0.29, 0.717) is 28.7 Å². The number of fused-ring (bicyclic) bond motifs is 1. The molecule has 0 aliphatic carbocycles. The van der Waals surface area contributed by atoms with E-state index in [0.717, 1.165) is 0 Å². The number of esters is 1. The van der Waals surface area contributed by atoms with E-state index in [1.807, 2.05) is 0 Å². The molecule has 0 N–H and O–H groups in total. The molecule has 124 valence electrons. The van der Waals surface area contributed by atoms with Crippen LogP contribution in [-0.2, 0) is 9.53 Å². The normalized spacial score (nSPS) is 12.3. The number of nitrogens with zero attached hydrogens (tertiary/aromatic N) is 4. The molecule has 0 spiro atoms. The number of halogens is 1. The molecule has 0 aliphatic heterocycles. The molecule has 3 aromatic rings. The van der Waals surface area contributed by atoms with E-state index in [4.69, 9.17) is 4.74 Å². The molecule has 1 unspecified atom stereocenters. The molecule has 24 heavy (non-hydrogen) atoms. The van der Waals surface area contributed by atoms with Crippen molar-refractivity contribution in [1.29, 1.82) is 0 Å². The van der Waals surface area contributed by atoms with Crippen molar-refractivity contribution in [3.8, 4) is 11.4 Å². The zero-order valence-electron chi connectivity index (χ0n) is 13.1. The number of hydrogen-bond donors (Lipinski definition) is 0. The maximum atomic E-state index is 13.4. The van der Waals surface area contributed by atoms with E-state index in [2.05, 4.69) is 15.3 Å². The second kappa shape index (κ2) is 6.96. The highest BCUT2D eigenvalue weighted by molar-refractivity contribution is 8.00. The molecular weight excluding hydrogens is 331 g/mol. The highest BCUT2D eigenvalue weighted by atomic mass is 32.2. The van der Waals surface area contributed by atoms with Gasteiger partial charge in [0, 0.05) is 5.56 Å². The van der Waals surface area contributed by atoms with Gasteiger partial charge in [-0.05, 0) is 38.1 Å². The van der Waals surface area contributed by atoms with Crippen LogP contribution in [0.2, 0.25) is 0 Å². The number of ether oxygens (including phenoxy) is 1. The summed E-state index contributed by atoms with van der Waals surface area (Å²) >= 11 is 1.28. The van der Waals surface area contributed by atoms with Crippen molar-refractivity contribution in [2.45, 2.75) is 24.1 Å². The lowest BCUT2D eigenvalue weighted by Crippen LogP contribution is -2.17. The number of carbonyl (C=O) groups excluding carboxylic acids is 1. The Morgan fingerprint density at radius 1 is 1.33 bits per heavy atom. The molecule has 0 amide bonds. The average Bonchev–Trinajstić information content (AvgIpc) is 2.98. The second-order valence-corrected chi connectivity index (χ2v) is 6.35. The Hall–Kier alpha value is -2.48. The summed E-state index contributed by atoms with van der Waals surface area (Å²) in [5.41, 5.74) is 1.12. The van der Waals surface area contributed by atoms with E-state index in [9.17, 15) is 9.18 Å². The Balaban J connectivity index is 1.93. The third kappa shape index (κ3) is 3.38. The van der Waals surface area contributed by atoms with Crippen molar-refractivity contribution >= 4 is 23.4 Å². The van der Waals surface area contributed by atoms with Crippen LogP contribution in [-0.4, -0.2) is 37.6 Å². The Morgan fingerprint density at radius 3 is 2.92 bits per heavy atom. The Labute approximate surface area is 142 Å². The number of aromatic nitrogens is 4. The molecule has 0 aliphatic rings. The summed E-state index contributed by atoms with van der Waals surface area (Å²) in [5.74, 6) is -0.208. The minimum absolute atomic E-state index is 0.293. The Bertz CT molecular complexity index is 883. The summed E-state index contributed by atoms with van der Waals surface area (Å²) in [7, 11) is 0. The minimum atomic E-state index is -0.385. The predicted molar refractivity (Wildman–Crippen MR) is 88.1 cm³/mol. The Morgan fingerprint density at radius 2 is 2.17 bits per heavy atom. The average molecular weight is 346 g/mol. The fourth-order valence-electron chi connectivity index (χ4n) is 2.13. The zero-order valence-corrected chi connectivity index (χ0v) is 14.0. The molecule has 3 rings (SSSR count). The highest BCUT2D eigenvalue weighted by Gasteiger charge is 2.17. The van der Waals surface area contributed by atoms with E-state index in [-0.39, 0.29) is 17.0 Å². The summed E-state index contributed by atoms with van der Waals surface area (Å²) in [6.07, 6.45) is 0. The number of rotatable bonds is 5. The molecule has 0 saturated heterocycles. The van der Waals surface area contributed by atoms with Gasteiger partial charge in [0.1, 0.15) is 16.1 Å². The fraction of sp³-hybridized carbons (Fsp3) is 0.250. The maximum absolute atomic E-state index is 13.4. The van der Waals surface area contributed by atoms with Gasteiger partial charge in [0.25, 0.3) is 0 Å². The largest absolute Gasteiger partial charge is 0.465 e. The van der Waals surface area contributed by atoms with Gasteiger partial charge in [0.05, 0.1) is 6.61 Å². The summed E-state index contributed by atoms with van der Waals surface area (Å²) in [6, 6.07) is 9.60. The molecule has 0 saturated carbocycles. The lowest BCUT2D eigenvalue weighted by atomic mass is 10.2. The van der Waals surface area contributed by atoms with E-state index >= 15 is 0 Å². The molecule has 1 atom stereocenters. The molecule has 8 heteroatoms. The summed E-state index contributed by atoms with van der Waals surface area (Å²) in [5, 5.41) is 12.8. The van der Waals surface area contributed by atoms with Crippen LogP contribution in [0.4, 0.5) is 4.39 Å². The van der Waals surface area contributed by atoms with Crippen molar-refractivity contribution in [3.63, 3.8) is 0 Å². The van der Waals surface area contributed by atoms with Crippen molar-refractivity contribution in [2.75, 3.05) is 6.61 Å². The van der Waals surface area contributed by atoms with Gasteiger partial charge in [-0.2, -0.15) is 9.61 Å². The first-order chi connectivity index (χ1) is 11.6. The summed E-state index contributed by atoms with van der Waals surface area (Å²) < 4.78 is 20.0. The molecule has 0 radical (unpaired) electrons. The van der Waals surface area contributed by atoms with Gasteiger partial charge < -0.3 is 4.74 Å². The van der Waals surface area contributed by atoms with Crippen LogP contribution < -0.4 is 0 Å². The maximum Gasteiger partial charge on any atom is 0.319 e. The predicted octanol–water partition coefficient (Wildman–Crippen LogP) is 2.97. The van der Waals surface area contributed by atoms with Gasteiger partial charge in [-0.25, -0.2) is 4.39 Å². The van der Waals surface area contributed by atoms with Crippen LogP contribution in [0.3, 0.4) is 0 Å². The number of hydrogen-bond acceptors (Lipinski definition) is 6. The van der Waals surface area contributed by atoms with E-state index < -0.39 is 0 Å². The van der Waals surface area contributed by atoms with Gasteiger partial charge in [0.15, 0.2) is 11.5 Å². The van der Waals surface area contributed by atoms with Gasteiger partial charge >= 0.3 is 5.97 Å². The molecular formula is C16H15FN4O2S. The summed E-state index contributed by atoms with van der Waals surface area (Å²) in [4.78, 5) is 11.7. The molecule has 2 aromatic heterocycles. The van der Waals surface area contributed by atoms with Gasteiger partial charge in [-0.15, -0.1) is 10.2 Å². The number of carbonyl (C=O) groups is 1. The van der Waals surface area contributed by atoms with Gasteiger partial charge in [-0.3, -0.25) is 4.79 Å². The van der Waals surface area contributed by atoms with E-state index in [1.165, 1.54) is 28.4 Å². The molecule has 0 fully saturated rings. The minimum Gasteiger partial charge on any atom is -0.465 e. The first kappa shape index (κ1) is 16.4. The van der Waals surface area contributed by atoms with Crippen molar-refractivity contribution < 1.29 is 13.9 Å². The van der Waals surface area contributed by atoms with Crippen LogP contribution >= 0.6 is 11.8 Å². The fourth-order valence-corrected chi connectivity index (χ4v) is 2.93. The van der Waals surface area contributed by atoms with Crippen LogP contribution in [0.1, 0.15) is 13.8 Å². The molecule has 0 bridgehead atoms.